The van der Waals surface area contributed by atoms with Gasteiger partial charge in [-0.25, -0.2) is 13.1 Å². The topological polar surface area (TPSA) is 76.1 Å². The average Bonchev–Trinajstić information content (AvgIpc) is 2.41. The third-order valence-corrected chi connectivity index (χ3v) is 4.01. The van der Waals surface area contributed by atoms with E-state index >= 15 is 0 Å². The van der Waals surface area contributed by atoms with Crippen molar-refractivity contribution < 1.29 is 13.2 Å². The van der Waals surface area contributed by atoms with E-state index in [0.29, 0.717) is 10.6 Å². The summed E-state index contributed by atoms with van der Waals surface area (Å²) in [5.41, 5.74) is 0.464. The molecule has 1 aromatic heterocycles. The summed E-state index contributed by atoms with van der Waals surface area (Å²) < 4.78 is 25.8. The van der Waals surface area contributed by atoms with Gasteiger partial charge >= 0.3 is 0 Å². The molecule has 0 spiro atoms. The van der Waals surface area contributed by atoms with E-state index in [-0.39, 0.29) is 11.4 Å². The molecule has 1 heterocycles. The van der Waals surface area contributed by atoms with Gasteiger partial charge in [0.25, 0.3) is 5.91 Å². The van der Waals surface area contributed by atoms with Gasteiger partial charge in [-0.3, -0.25) is 9.78 Å². The molecule has 7 heteroatoms. The van der Waals surface area contributed by atoms with E-state index in [9.17, 15) is 13.2 Å². The van der Waals surface area contributed by atoms with E-state index in [4.69, 9.17) is 11.6 Å². The summed E-state index contributed by atoms with van der Waals surface area (Å²) in [4.78, 5) is 15.5. The molecule has 0 aliphatic carbocycles. The van der Waals surface area contributed by atoms with Crippen molar-refractivity contribution in [2.75, 3.05) is 0 Å². The number of carbonyl (C=O) groups excluding carboxylic acids is 1. The summed E-state index contributed by atoms with van der Waals surface area (Å²) in [5, 5.41) is 0.336. The molecule has 0 bridgehead atoms. The zero-order valence-corrected chi connectivity index (χ0v) is 11.9. The number of carbonyl (C=O) groups is 1. The van der Waals surface area contributed by atoms with Crippen LogP contribution in [0.1, 0.15) is 16.1 Å². The van der Waals surface area contributed by atoms with Crippen LogP contribution >= 0.6 is 11.6 Å². The second-order valence-electron chi connectivity index (χ2n) is 4.00. The first-order valence-corrected chi connectivity index (χ1v) is 7.70. The Hall–Kier alpha value is -1.92. The first-order valence-electron chi connectivity index (χ1n) is 5.67. The van der Waals surface area contributed by atoms with Crippen molar-refractivity contribution in [1.82, 2.24) is 9.71 Å². The first-order chi connectivity index (χ1) is 9.48. The maximum atomic E-state index is 11.9. The summed E-state index contributed by atoms with van der Waals surface area (Å²) in [5.74, 6) is -1.14. The minimum atomic E-state index is -3.83. The highest BCUT2D eigenvalue weighted by atomic mass is 35.5. The molecule has 0 atom stereocenters. The molecule has 5 nitrogen and oxygen atoms in total. The second-order valence-corrected chi connectivity index (χ2v) is 6.13. The fraction of sp³-hybridized carbons (Fsp3) is 0.0769. The molecule has 1 N–H and O–H groups in total. The van der Waals surface area contributed by atoms with E-state index in [1.807, 2.05) is 4.72 Å². The number of pyridine rings is 1. The van der Waals surface area contributed by atoms with Crippen LogP contribution in [-0.2, 0) is 15.8 Å². The number of benzene rings is 1. The third kappa shape index (κ3) is 3.79. The highest BCUT2D eigenvalue weighted by Crippen LogP contribution is 2.17. The Morgan fingerprint density at radius 1 is 1.15 bits per heavy atom. The highest BCUT2D eigenvalue weighted by molar-refractivity contribution is 7.89. The van der Waals surface area contributed by atoms with Crippen molar-refractivity contribution in [2.45, 2.75) is 5.75 Å². The van der Waals surface area contributed by atoms with Crippen LogP contribution in [0.15, 0.2) is 48.7 Å². The predicted molar refractivity (Wildman–Crippen MR) is 75.8 cm³/mol. The zero-order valence-electron chi connectivity index (χ0n) is 10.3. The summed E-state index contributed by atoms with van der Waals surface area (Å²) in [6, 6.07) is 11.2. The van der Waals surface area contributed by atoms with Gasteiger partial charge in [0.15, 0.2) is 0 Å². The Morgan fingerprint density at radius 3 is 2.50 bits per heavy atom. The molecule has 104 valence electrons. The van der Waals surface area contributed by atoms with Crippen LogP contribution in [0.4, 0.5) is 0 Å². The molecule has 1 amide bonds. The van der Waals surface area contributed by atoms with E-state index in [1.165, 1.54) is 12.3 Å². The molecule has 0 radical (unpaired) electrons. The summed E-state index contributed by atoms with van der Waals surface area (Å²) >= 11 is 5.89. The molecule has 0 saturated heterocycles. The van der Waals surface area contributed by atoms with Gasteiger partial charge in [-0.2, -0.15) is 0 Å². The van der Waals surface area contributed by atoms with E-state index < -0.39 is 15.9 Å². The van der Waals surface area contributed by atoms with Gasteiger partial charge < -0.3 is 0 Å². The molecule has 0 unspecified atom stereocenters. The molecule has 0 aliphatic rings. The summed E-state index contributed by atoms with van der Waals surface area (Å²) in [6.45, 7) is 0. The Bertz CT molecular complexity index is 717. The number of aromatic nitrogens is 1. The van der Waals surface area contributed by atoms with Crippen molar-refractivity contribution >= 4 is 27.5 Å². The number of sulfonamides is 1. The SMILES string of the molecule is O=C(NS(=O)(=O)Cc1ccccc1Cl)c1ccccn1. The van der Waals surface area contributed by atoms with Crippen molar-refractivity contribution in [3.63, 3.8) is 0 Å². The number of nitrogens with one attached hydrogen (secondary N) is 1. The average molecular weight is 311 g/mol. The van der Waals surface area contributed by atoms with Gasteiger partial charge in [0.1, 0.15) is 5.69 Å². The number of hydrogen-bond donors (Lipinski definition) is 1. The number of rotatable bonds is 4. The molecular formula is C13H11ClN2O3S. The van der Waals surface area contributed by atoms with Crippen molar-refractivity contribution in [3.05, 3.63) is 64.9 Å². The maximum Gasteiger partial charge on any atom is 0.283 e. The van der Waals surface area contributed by atoms with Crippen LogP contribution in [-0.4, -0.2) is 19.3 Å². The fourth-order valence-corrected chi connectivity index (χ4v) is 2.95. The highest BCUT2D eigenvalue weighted by Gasteiger charge is 2.18. The number of nitrogens with zero attached hydrogens (tertiary/aromatic N) is 1. The van der Waals surface area contributed by atoms with E-state index in [2.05, 4.69) is 4.98 Å². The Balaban J connectivity index is 2.13. The smallest absolute Gasteiger partial charge is 0.266 e. The standard InChI is InChI=1S/C13H11ClN2O3S/c14-11-6-2-1-5-10(11)9-20(18,19)16-13(17)12-7-3-4-8-15-12/h1-8H,9H2,(H,16,17). The number of halogens is 1. The van der Waals surface area contributed by atoms with Crippen molar-refractivity contribution in [3.8, 4) is 0 Å². The van der Waals surface area contributed by atoms with Crippen LogP contribution in [0.3, 0.4) is 0 Å². The lowest BCUT2D eigenvalue weighted by Gasteiger charge is -2.07. The first kappa shape index (κ1) is 14.5. The van der Waals surface area contributed by atoms with Crippen molar-refractivity contribution in [1.29, 1.82) is 0 Å². The van der Waals surface area contributed by atoms with Crippen LogP contribution < -0.4 is 4.72 Å². The Labute approximate surface area is 121 Å². The molecule has 2 aromatic rings. The van der Waals surface area contributed by atoms with Gasteiger partial charge in [-0.05, 0) is 23.8 Å². The Morgan fingerprint density at radius 2 is 1.85 bits per heavy atom. The van der Waals surface area contributed by atoms with Gasteiger partial charge in [0.2, 0.25) is 10.0 Å². The monoisotopic (exact) mass is 310 g/mol. The molecule has 20 heavy (non-hydrogen) atoms. The minimum Gasteiger partial charge on any atom is -0.266 e. The van der Waals surface area contributed by atoms with Crippen molar-refractivity contribution in [2.24, 2.45) is 0 Å². The van der Waals surface area contributed by atoms with E-state index in [0.717, 1.165) is 0 Å². The molecule has 0 aliphatic heterocycles. The largest absolute Gasteiger partial charge is 0.283 e. The minimum absolute atomic E-state index is 0.0373. The quantitative estimate of drug-likeness (QED) is 0.937. The molecule has 1 aromatic carbocycles. The predicted octanol–water partition coefficient (Wildman–Crippen LogP) is 1.99. The summed E-state index contributed by atoms with van der Waals surface area (Å²) in [6.07, 6.45) is 1.41. The van der Waals surface area contributed by atoms with Gasteiger partial charge in [-0.15, -0.1) is 0 Å². The number of amides is 1. The van der Waals surface area contributed by atoms with E-state index in [1.54, 1.807) is 36.4 Å². The summed E-state index contributed by atoms with van der Waals surface area (Å²) in [7, 11) is -3.83. The van der Waals surface area contributed by atoms with Gasteiger partial charge in [0.05, 0.1) is 5.75 Å². The lowest BCUT2D eigenvalue weighted by atomic mass is 10.2. The molecular weight excluding hydrogens is 300 g/mol. The van der Waals surface area contributed by atoms with Crippen LogP contribution in [0.2, 0.25) is 5.02 Å². The second kappa shape index (κ2) is 6.02. The van der Waals surface area contributed by atoms with Crippen LogP contribution in [0.25, 0.3) is 0 Å². The normalized spacial score (nSPS) is 11.1. The van der Waals surface area contributed by atoms with Gasteiger partial charge in [-0.1, -0.05) is 35.9 Å². The Kier molecular flexibility index (Phi) is 4.36. The van der Waals surface area contributed by atoms with Crippen LogP contribution in [0.5, 0.6) is 0 Å². The fourth-order valence-electron chi connectivity index (χ4n) is 1.55. The van der Waals surface area contributed by atoms with Gasteiger partial charge in [0, 0.05) is 11.2 Å². The number of hydrogen-bond acceptors (Lipinski definition) is 4. The molecule has 2 rings (SSSR count). The lowest BCUT2D eigenvalue weighted by molar-refractivity contribution is 0.0976. The zero-order chi connectivity index (χ0) is 14.6. The molecule has 0 fully saturated rings. The molecule has 0 saturated carbocycles. The lowest BCUT2D eigenvalue weighted by Crippen LogP contribution is -2.32. The van der Waals surface area contributed by atoms with Crippen LogP contribution in [0, 0.1) is 0 Å². The maximum absolute atomic E-state index is 11.9. The third-order valence-electron chi connectivity index (χ3n) is 2.45.